The lowest BCUT2D eigenvalue weighted by atomic mass is 10.2. The predicted octanol–water partition coefficient (Wildman–Crippen LogP) is 3.72. The van der Waals surface area contributed by atoms with Gasteiger partial charge >= 0.3 is 5.51 Å². The quantitative estimate of drug-likeness (QED) is 0.620. The average Bonchev–Trinajstić information content (AvgIpc) is 2.26. The topological polar surface area (TPSA) is 47.3 Å². The summed E-state index contributed by atoms with van der Waals surface area (Å²) >= 11 is -0.0476. The Hall–Kier alpha value is -1.24. The lowest BCUT2D eigenvalue weighted by Crippen LogP contribution is -2.11. The summed E-state index contributed by atoms with van der Waals surface area (Å²) in [5.41, 5.74) is 2.75. The van der Waals surface area contributed by atoms with Gasteiger partial charge in [0.2, 0.25) is 0 Å². The summed E-state index contributed by atoms with van der Waals surface area (Å²) in [6.45, 7) is 3.97. The summed E-state index contributed by atoms with van der Waals surface area (Å²) in [7, 11) is 0. The summed E-state index contributed by atoms with van der Waals surface area (Å²) in [6.07, 6.45) is -0.0154. The highest BCUT2D eigenvalue weighted by molar-refractivity contribution is 8.00. The third kappa shape index (κ3) is 6.47. The molecule has 0 aliphatic heterocycles. The zero-order chi connectivity index (χ0) is 14.5. The van der Waals surface area contributed by atoms with Crippen molar-refractivity contribution in [1.82, 2.24) is 0 Å². The van der Waals surface area contributed by atoms with Crippen LogP contribution >= 0.6 is 11.8 Å². The standard InChI is InChI=1S/C12H17F3N2OS/c1-8(2)18-11-7-9(3-4-10(11)16)17-5-6-19-12(13,14)15/h3-4,7-8,17H,5-6,16H2,1-2H3. The van der Waals surface area contributed by atoms with Crippen LogP contribution in [0.4, 0.5) is 24.5 Å². The molecule has 1 rings (SSSR count). The van der Waals surface area contributed by atoms with E-state index < -0.39 is 5.51 Å². The molecule has 0 spiro atoms. The number of hydrogen-bond acceptors (Lipinski definition) is 4. The molecule has 0 heterocycles. The smallest absolute Gasteiger partial charge is 0.441 e. The van der Waals surface area contributed by atoms with E-state index in [0.717, 1.165) is 0 Å². The van der Waals surface area contributed by atoms with E-state index in [-0.39, 0.29) is 30.2 Å². The Kier molecular flexibility index (Phi) is 5.65. The summed E-state index contributed by atoms with van der Waals surface area (Å²) < 4.78 is 41.3. The maximum atomic E-state index is 11.9. The van der Waals surface area contributed by atoms with Crippen LogP contribution in [0.2, 0.25) is 0 Å². The van der Waals surface area contributed by atoms with Gasteiger partial charge in [0.15, 0.2) is 0 Å². The molecule has 0 aliphatic carbocycles. The average molecular weight is 294 g/mol. The first kappa shape index (κ1) is 15.8. The van der Waals surface area contributed by atoms with E-state index in [4.69, 9.17) is 10.5 Å². The van der Waals surface area contributed by atoms with Gasteiger partial charge in [-0.2, -0.15) is 13.2 Å². The van der Waals surface area contributed by atoms with Crippen molar-refractivity contribution >= 4 is 23.1 Å². The van der Waals surface area contributed by atoms with E-state index >= 15 is 0 Å². The summed E-state index contributed by atoms with van der Waals surface area (Å²) in [5, 5.41) is 2.90. The molecule has 0 saturated carbocycles. The number of anilines is 2. The molecule has 108 valence electrons. The van der Waals surface area contributed by atoms with Crippen molar-refractivity contribution in [2.24, 2.45) is 0 Å². The maximum absolute atomic E-state index is 11.9. The van der Waals surface area contributed by atoms with Gasteiger partial charge in [0.1, 0.15) is 5.75 Å². The molecular weight excluding hydrogens is 277 g/mol. The summed E-state index contributed by atoms with van der Waals surface area (Å²) in [5.74, 6) is 0.484. The summed E-state index contributed by atoms with van der Waals surface area (Å²) in [6, 6.07) is 5.06. The number of hydrogen-bond donors (Lipinski definition) is 2. The number of alkyl halides is 3. The fraction of sp³-hybridized carbons (Fsp3) is 0.500. The second kappa shape index (κ2) is 6.79. The minimum Gasteiger partial charge on any atom is -0.489 e. The molecule has 0 aromatic heterocycles. The van der Waals surface area contributed by atoms with Crippen molar-refractivity contribution < 1.29 is 17.9 Å². The molecule has 0 atom stereocenters. The van der Waals surface area contributed by atoms with Crippen LogP contribution in [0.1, 0.15) is 13.8 Å². The van der Waals surface area contributed by atoms with Gasteiger partial charge in [0.05, 0.1) is 11.8 Å². The van der Waals surface area contributed by atoms with E-state index in [0.29, 0.717) is 17.1 Å². The highest BCUT2D eigenvalue weighted by atomic mass is 32.2. The number of halogens is 3. The number of rotatable bonds is 6. The molecule has 19 heavy (non-hydrogen) atoms. The van der Waals surface area contributed by atoms with E-state index in [1.165, 1.54) is 0 Å². The fourth-order valence-electron chi connectivity index (χ4n) is 1.36. The maximum Gasteiger partial charge on any atom is 0.441 e. The Bertz CT molecular complexity index is 410. The van der Waals surface area contributed by atoms with Crippen molar-refractivity contribution in [3.05, 3.63) is 18.2 Å². The lowest BCUT2D eigenvalue weighted by molar-refractivity contribution is -0.0327. The number of benzene rings is 1. The van der Waals surface area contributed by atoms with Crippen molar-refractivity contribution in [3.63, 3.8) is 0 Å². The largest absolute Gasteiger partial charge is 0.489 e. The zero-order valence-corrected chi connectivity index (χ0v) is 11.6. The van der Waals surface area contributed by atoms with Crippen LogP contribution < -0.4 is 15.8 Å². The minimum atomic E-state index is -4.19. The SMILES string of the molecule is CC(C)Oc1cc(NCCSC(F)(F)F)ccc1N. The van der Waals surface area contributed by atoms with Gasteiger partial charge in [-0.25, -0.2) is 0 Å². The van der Waals surface area contributed by atoms with Crippen molar-refractivity contribution in [2.45, 2.75) is 25.5 Å². The predicted molar refractivity (Wildman–Crippen MR) is 73.6 cm³/mol. The number of ether oxygens (including phenoxy) is 1. The van der Waals surface area contributed by atoms with E-state index in [2.05, 4.69) is 5.32 Å². The Labute approximate surface area is 114 Å². The minimum absolute atomic E-state index is 0.0154. The van der Waals surface area contributed by atoms with Crippen LogP contribution in [-0.2, 0) is 0 Å². The molecule has 7 heteroatoms. The normalized spacial score (nSPS) is 11.7. The van der Waals surface area contributed by atoms with Gasteiger partial charge < -0.3 is 15.8 Å². The molecule has 0 fully saturated rings. The Morgan fingerprint density at radius 1 is 1.37 bits per heavy atom. The van der Waals surface area contributed by atoms with Crippen LogP contribution in [-0.4, -0.2) is 23.9 Å². The molecule has 0 aliphatic rings. The molecular formula is C12H17F3N2OS. The second-order valence-corrected chi connectivity index (χ2v) is 5.30. The molecule has 1 aromatic carbocycles. The van der Waals surface area contributed by atoms with Crippen molar-refractivity contribution in [3.8, 4) is 5.75 Å². The Balaban J connectivity index is 2.50. The van der Waals surface area contributed by atoms with Crippen LogP contribution in [0, 0.1) is 0 Å². The molecule has 0 amide bonds. The Morgan fingerprint density at radius 2 is 2.05 bits per heavy atom. The van der Waals surface area contributed by atoms with Gasteiger partial charge in [-0.3, -0.25) is 0 Å². The third-order valence-corrected chi connectivity index (χ3v) is 2.81. The van der Waals surface area contributed by atoms with Gasteiger partial charge in [-0.05, 0) is 37.7 Å². The van der Waals surface area contributed by atoms with E-state index in [1.807, 2.05) is 13.8 Å². The molecule has 0 saturated heterocycles. The lowest BCUT2D eigenvalue weighted by Gasteiger charge is -2.14. The number of thioether (sulfide) groups is 1. The monoisotopic (exact) mass is 294 g/mol. The molecule has 3 nitrogen and oxygen atoms in total. The van der Waals surface area contributed by atoms with Crippen molar-refractivity contribution in [2.75, 3.05) is 23.3 Å². The van der Waals surface area contributed by atoms with Crippen LogP contribution in [0.3, 0.4) is 0 Å². The van der Waals surface area contributed by atoms with Crippen LogP contribution in [0.25, 0.3) is 0 Å². The number of nitrogen functional groups attached to an aromatic ring is 1. The molecule has 1 aromatic rings. The van der Waals surface area contributed by atoms with Crippen LogP contribution in [0.15, 0.2) is 18.2 Å². The van der Waals surface area contributed by atoms with Gasteiger partial charge in [-0.15, -0.1) is 0 Å². The zero-order valence-electron chi connectivity index (χ0n) is 10.8. The third-order valence-electron chi connectivity index (χ3n) is 2.07. The molecule has 3 N–H and O–H groups in total. The highest BCUT2D eigenvalue weighted by Gasteiger charge is 2.27. The first-order valence-electron chi connectivity index (χ1n) is 5.78. The van der Waals surface area contributed by atoms with E-state index in [9.17, 15) is 13.2 Å². The highest BCUT2D eigenvalue weighted by Crippen LogP contribution is 2.30. The molecule has 0 radical (unpaired) electrons. The first-order chi connectivity index (χ1) is 8.78. The second-order valence-electron chi connectivity index (χ2n) is 4.14. The number of nitrogens with one attached hydrogen (secondary N) is 1. The van der Waals surface area contributed by atoms with Gasteiger partial charge in [0.25, 0.3) is 0 Å². The van der Waals surface area contributed by atoms with Crippen LogP contribution in [0.5, 0.6) is 5.75 Å². The molecule has 0 unspecified atom stereocenters. The van der Waals surface area contributed by atoms with Gasteiger partial charge in [0, 0.05) is 24.1 Å². The molecule has 0 bridgehead atoms. The summed E-state index contributed by atoms with van der Waals surface area (Å²) in [4.78, 5) is 0. The number of nitrogens with two attached hydrogens (primary N) is 1. The Morgan fingerprint density at radius 3 is 2.63 bits per heavy atom. The van der Waals surface area contributed by atoms with Gasteiger partial charge in [-0.1, -0.05) is 0 Å². The fourth-order valence-corrected chi connectivity index (χ4v) is 1.80. The van der Waals surface area contributed by atoms with E-state index in [1.54, 1.807) is 18.2 Å². The van der Waals surface area contributed by atoms with Crippen molar-refractivity contribution in [1.29, 1.82) is 0 Å². The first-order valence-corrected chi connectivity index (χ1v) is 6.77.